The number of rotatable bonds is 5. The summed E-state index contributed by atoms with van der Waals surface area (Å²) in [5.41, 5.74) is 1.93. The Kier molecular flexibility index (Phi) is 6.09. The molecule has 0 radical (unpaired) electrons. The molecular weight excluding hydrogens is 446 g/mol. The smallest absolute Gasteiger partial charge is 0.300 e. The van der Waals surface area contributed by atoms with Crippen LogP contribution in [-0.2, 0) is 9.59 Å². The summed E-state index contributed by atoms with van der Waals surface area (Å²) in [6.45, 7) is 5.73. The van der Waals surface area contributed by atoms with Gasteiger partial charge in [0.2, 0.25) is 0 Å². The predicted molar refractivity (Wildman–Crippen MR) is 127 cm³/mol. The molecule has 1 amide bonds. The molecule has 1 aliphatic heterocycles. The number of thiophene rings is 1. The first-order valence-corrected chi connectivity index (χ1v) is 11.4. The molecule has 0 spiro atoms. The number of nitrogens with zero attached hydrogens (tertiary/aromatic N) is 1. The number of hydrogen-bond acceptors (Lipinski definition) is 5. The van der Waals surface area contributed by atoms with E-state index in [0.717, 1.165) is 10.4 Å². The van der Waals surface area contributed by atoms with Crippen LogP contribution in [0.4, 0.5) is 5.69 Å². The van der Waals surface area contributed by atoms with Crippen LogP contribution < -0.4 is 9.64 Å². The van der Waals surface area contributed by atoms with Gasteiger partial charge < -0.3 is 9.84 Å². The standard InChI is InChI=1S/C25H22ClNO4S/c1-14(2)31-19-6-4-5-16(13-19)22(28)20-21(24-15(3)11-12-32-24)27(25(30)23(20)29)18-9-7-17(26)8-10-18/h4-14,21,28H,1-3H3/b22-20-. The molecule has 164 valence electrons. The minimum Gasteiger partial charge on any atom is -0.507 e. The van der Waals surface area contributed by atoms with Gasteiger partial charge >= 0.3 is 0 Å². The van der Waals surface area contributed by atoms with Gasteiger partial charge in [-0.2, -0.15) is 0 Å². The lowest BCUT2D eigenvalue weighted by molar-refractivity contribution is -0.132. The summed E-state index contributed by atoms with van der Waals surface area (Å²) in [6, 6.07) is 14.8. The maximum Gasteiger partial charge on any atom is 0.300 e. The van der Waals surface area contributed by atoms with E-state index in [1.54, 1.807) is 48.5 Å². The Balaban J connectivity index is 1.90. The van der Waals surface area contributed by atoms with Crippen LogP contribution in [0.5, 0.6) is 5.75 Å². The average Bonchev–Trinajstić information content (AvgIpc) is 3.29. The maximum absolute atomic E-state index is 13.2. The first-order valence-electron chi connectivity index (χ1n) is 10.2. The molecule has 4 rings (SSSR count). The number of carbonyl (C=O) groups excluding carboxylic acids is 2. The van der Waals surface area contributed by atoms with E-state index in [9.17, 15) is 14.7 Å². The summed E-state index contributed by atoms with van der Waals surface area (Å²) in [5, 5.41) is 13.7. The Labute approximate surface area is 195 Å². The molecule has 2 aromatic carbocycles. The van der Waals surface area contributed by atoms with Gasteiger partial charge in [0.15, 0.2) is 0 Å². The third-order valence-electron chi connectivity index (χ3n) is 5.18. The number of halogens is 1. The van der Waals surface area contributed by atoms with E-state index >= 15 is 0 Å². The van der Waals surface area contributed by atoms with Crippen molar-refractivity contribution in [2.75, 3.05) is 4.90 Å². The number of ketones is 1. The van der Waals surface area contributed by atoms with E-state index in [4.69, 9.17) is 16.3 Å². The van der Waals surface area contributed by atoms with Crippen molar-refractivity contribution in [3.05, 3.63) is 86.6 Å². The van der Waals surface area contributed by atoms with Crippen molar-refractivity contribution in [2.24, 2.45) is 0 Å². The largest absolute Gasteiger partial charge is 0.507 e. The molecule has 32 heavy (non-hydrogen) atoms. The highest BCUT2D eigenvalue weighted by Crippen LogP contribution is 2.45. The van der Waals surface area contributed by atoms with Crippen LogP contribution in [0.15, 0.2) is 65.6 Å². The van der Waals surface area contributed by atoms with Gasteiger partial charge in [0.05, 0.1) is 11.7 Å². The molecule has 1 aliphatic rings. The molecule has 1 fully saturated rings. The van der Waals surface area contributed by atoms with Gasteiger partial charge in [-0.3, -0.25) is 14.5 Å². The second-order valence-corrected chi connectivity index (χ2v) is 9.19. The highest BCUT2D eigenvalue weighted by Gasteiger charge is 2.47. The van der Waals surface area contributed by atoms with Gasteiger partial charge in [0.1, 0.15) is 17.6 Å². The van der Waals surface area contributed by atoms with Crippen LogP contribution in [-0.4, -0.2) is 22.9 Å². The molecule has 7 heteroatoms. The van der Waals surface area contributed by atoms with E-state index in [1.165, 1.54) is 16.2 Å². The van der Waals surface area contributed by atoms with E-state index in [2.05, 4.69) is 0 Å². The zero-order valence-corrected chi connectivity index (χ0v) is 19.4. The van der Waals surface area contributed by atoms with Gasteiger partial charge in [0.25, 0.3) is 11.7 Å². The Morgan fingerprint density at radius 2 is 1.84 bits per heavy atom. The summed E-state index contributed by atoms with van der Waals surface area (Å²) < 4.78 is 5.73. The van der Waals surface area contributed by atoms with Crippen molar-refractivity contribution >= 4 is 46.1 Å². The van der Waals surface area contributed by atoms with Crippen LogP contribution in [0.2, 0.25) is 5.02 Å². The number of Topliss-reactive ketones (excluding diaryl/α,β-unsaturated/α-hetero) is 1. The van der Waals surface area contributed by atoms with Crippen LogP contribution in [0.3, 0.4) is 0 Å². The normalized spacial score (nSPS) is 17.9. The van der Waals surface area contributed by atoms with Crippen LogP contribution >= 0.6 is 22.9 Å². The number of aryl methyl sites for hydroxylation is 1. The SMILES string of the molecule is Cc1ccsc1C1/C(=C(/O)c2cccc(OC(C)C)c2)C(=O)C(=O)N1c1ccc(Cl)cc1. The summed E-state index contributed by atoms with van der Waals surface area (Å²) in [5.74, 6) is -1.08. The predicted octanol–water partition coefficient (Wildman–Crippen LogP) is 6.12. The molecule has 3 aromatic rings. The first kappa shape index (κ1) is 22.1. The van der Waals surface area contributed by atoms with Gasteiger partial charge in [-0.05, 0) is 74.2 Å². The highest BCUT2D eigenvalue weighted by molar-refractivity contribution is 7.10. The first-order chi connectivity index (χ1) is 15.3. The third-order valence-corrected chi connectivity index (χ3v) is 6.50. The second-order valence-electron chi connectivity index (χ2n) is 7.81. The van der Waals surface area contributed by atoms with Gasteiger partial charge in [0, 0.05) is 21.2 Å². The van der Waals surface area contributed by atoms with Gasteiger partial charge in [-0.25, -0.2) is 0 Å². The molecule has 1 N–H and O–H groups in total. The van der Waals surface area contributed by atoms with Crippen molar-refractivity contribution in [1.82, 2.24) is 0 Å². The number of aliphatic hydroxyl groups is 1. The van der Waals surface area contributed by atoms with Gasteiger partial charge in [-0.1, -0.05) is 23.7 Å². The Morgan fingerprint density at radius 3 is 2.47 bits per heavy atom. The van der Waals surface area contributed by atoms with E-state index < -0.39 is 17.7 Å². The lowest BCUT2D eigenvalue weighted by Crippen LogP contribution is -2.29. The fraction of sp³-hybridized carbons (Fsp3) is 0.200. The number of aliphatic hydroxyl groups excluding tert-OH is 1. The number of ether oxygens (including phenoxy) is 1. The van der Waals surface area contributed by atoms with Gasteiger partial charge in [-0.15, -0.1) is 11.3 Å². The van der Waals surface area contributed by atoms with Crippen LogP contribution in [0.25, 0.3) is 5.76 Å². The van der Waals surface area contributed by atoms with Crippen molar-refractivity contribution in [3.63, 3.8) is 0 Å². The van der Waals surface area contributed by atoms with Crippen molar-refractivity contribution in [3.8, 4) is 5.75 Å². The lowest BCUT2D eigenvalue weighted by atomic mass is 9.98. The molecule has 1 unspecified atom stereocenters. The number of carbonyl (C=O) groups is 2. The lowest BCUT2D eigenvalue weighted by Gasteiger charge is -2.25. The molecule has 2 heterocycles. The summed E-state index contributed by atoms with van der Waals surface area (Å²) >= 11 is 7.46. The molecule has 1 atom stereocenters. The molecule has 1 saturated heterocycles. The second kappa shape index (κ2) is 8.81. The van der Waals surface area contributed by atoms with E-state index in [0.29, 0.717) is 22.0 Å². The van der Waals surface area contributed by atoms with Crippen molar-refractivity contribution in [1.29, 1.82) is 0 Å². The number of amides is 1. The molecule has 5 nitrogen and oxygen atoms in total. The number of anilines is 1. The quantitative estimate of drug-likeness (QED) is 0.278. The van der Waals surface area contributed by atoms with Crippen molar-refractivity contribution in [2.45, 2.75) is 32.9 Å². The molecule has 1 aromatic heterocycles. The molecule has 0 saturated carbocycles. The van der Waals surface area contributed by atoms with Crippen molar-refractivity contribution < 1.29 is 19.4 Å². The van der Waals surface area contributed by atoms with Crippen LogP contribution in [0, 0.1) is 6.92 Å². The summed E-state index contributed by atoms with van der Waals surface area (Å²) in [7, 11) is 0. The fourth-order valence-corrected chi connectivity index (χ4v) is 4.91. The zero-order valence-electron chi connectivity index (χ0n) is 17.8. The zero-order chi connectivity index (χ0) is 23.0. The Hall–Kier alpha value is -3.09. The van der Waals surface area contributed by atoms with E-state index in [-0.39, 0.29) is 17.4 Å². The minimum absolute atomic E-state index is 0.0448. The number of benzene rings is 2. The van der Waals surface area contributed by atoms with E-state index in [1.807, 2.05) is 32.2 Å². The molecule has 0 bridgehead atoms. The third kappa shape index (κ3) is 4.04. The minimum atomic E-state index is -0.745. The maximum atomic E-state index is 13.2. The molecular formula is C25H22ClNO4S. The highest BCUT2D eigenvalue weighted by atomic mass is 35.5. The topological polar surface area (TPSA) is 66.8 Å². The van der Waals surface area contributed by atoms with Crippen LogP contribution in [0.1, 0.15) is 35.9 Å². The Morgan fingerprint density at radius 1 is 1.12 bits per heavy atom. The average molecular weight is 468 g/mol. The number of hydrogen-bond donors (Lipinski definition) is 1. The monoisotopic (exact) mass is 467 g/mol. The Bertz CT molecular complexity index is 1210. The summed E-state index contributed by atoms with van der Waals surface area (Å²) in [6.07, 6.45) is -0.0448. The summed E-state index contributed by atoms with van der Waals surface area (Å²) in [4.78, 5) is 28.6. The molecule has 0 aliphatic carbocycles. The fourth-order valence-electron chi connectivity index (χ4n) is 3.76.